The van der Waals surface area contributed by atoms with Crippen molar-refractivity contribution in [2.75, 3.05) is 0 Å². The molecule has 17 heavy (non-hydrogen) atoms. The van der Waals surface area contributed by atoms with Gasteiger partial charge in [0.1, 0.15) is 5.52 Å². The molecule has 0 saturated carbocycles. The van der Waals surface area contributed by atoms with Gasteiger partial charge < -0.3 is 4.98 Å². The van der Waals surface area contributed by atoms with Gasteiger partial charge in [-0.2, -0.15) is 0 Å². The van der Waals surface area contributed by atoms with Crippen LogP contribution in [0.2, 0.25) is 0 Å². The van der Waals surface area contributed by atoms with E-state index in [0.717, 1.165) is 5.57 Å². The number of H-pyrrole nitrogens is 1. The Morgan fingerprint density at radius 1 is 1.53 bits per heavy atom. The monoisotopic (exact) mass is 234 g/mol. The van der Waals surface area contributed by atoms with Crippen LogP contribution in [0.25, 0.3) is 11.2 Å². The van der Waals surface area contributed by atoms with Gasteiger partial charge in [0.2, 0.25) is 0 Å². The summed E-state index contributed by atoms with van der Waals surface area (Å²) in [6.45, 7) is 5.97. The fourth-order valence-electron chi connectivity index (χ4n) is 1.69. The van der Waals surface area contributed by atoms with Crippen molar-refractivity contribution in [3.8, 4) is 0 Å². The molecule has 0 amide bonds. The van der Waals surface area contributed by atoms with Crippen LogP contribution in [0.3, 0.4) is 0 Å². The van der Waals surface area contributed by atoms with E-state index in [1.807, 2.05) is 6.92 Å². The van der Waals surface area contributed by atoms with Crippen LogP contribution in [0.1, 0.15) is 13.3 Å². The molecule has 0 aliphatic heterocycles. The quantitative estimate of drug-likeness (QED) is 0.781. The Bertz CT molecular complexity index is 690. The van der Waals surface area contributed by atoms with E-state index >= 15 is 0 Å². The zero-order valence-electron chi connectivity index (χ0n) is 9.86. The second kappa shape index (κ2) is 4.04. The van der Waals surface area contributed by atoms with Gasteiger partial charge in [-0.15, -0.1) is 6.58 Å². The maximum atomic E-state index is 12.0. The number of aromatic nitrogens is 4. The van der Waals surface area contributed by atoms with E-state index in [9.17, 15) is 9.59 Å². The first-order valence-electron chi connectivity index (χ1n) is 5.29. The number of aryl methyl sites for hydroxylation is 1. The van der Waals surface area contributed by atoms with Crippen molar-refractivity contribution in [2.45, 2.75) is 19.9 Å². The summed E-state index contributed by atoms with van der Waals surface area (Å²) in [7, 11) is 1.60. The zero-order chi connectivity index (χ0) is 12.6. The van der Waals surface area contributed by atoms with E-state index in [1.54, 1.807) is 7.05 Å². The molecular weight excluding hydrogens is 220 g/mol. The van der Waals surface area contributed by atoms with E-state index in [2.05, 4.69) is 16.5 Å². The Balaban J connectivity index is 2.66. The first-order valence-corrected chi connectivity index (χ1v) is 5.29. The molecule has 2 aromatic rings. The molecule has 0 saturated heterocycles. The van der Waals surface area contributed by atoms with Crippen molar-refractivity contribution in [3.05, 3.63) is 39.3 Å². The third-order valence-electron chi connectivity index (χ3n) is 2.68. The molecule has 2 rings (SSSR count). The average Bonchev–Trinajstić information content (AvgIpc) is 2.75. The van der Waals surface area contributed by atoms with Gasteiger partial charge in [0, 0.05) is 13.6 Å². The highest BCUT2D eigenvalue weighted by Gasteiger charge is 2.12. The normalized spacial score (nSPS) is 10.9. The molecule has 1 N–H and O–H groups in total. The average molecular weight is 234 g/mol. The Morgan fingerprint density at radius 3 is 2.88 bits per heavy atom. The minimum Gasteiger partial charge on any atom is -0.339 e. The number of allylic oxidation sites excluding steroid dienone is 1. The van der Waals surface area contributed by atoms with Crippen molar-refractivity contribution < 1.29 is 0 Å². The molecule has 0 aliphatic rings. The molecule has 0 aromatic carbocycles. The lowest BCUT2D eigenvalue weighted by molar-refractivity contribution is 0.601. The summed E-state index contributed by atoms with van der Waals surface area (Å²) in [5, 5.41) is 0. The molecule has 0 aliphatic carbocycles. The Morgan fingerprint density at radius 2 is 2.24 bits per heavy atom. The first-order chi connectivity index (χ1) is 8.02. The molecule has 2 heterocycles. The summed E-state index contributed by atoms with van der Waals surface area (Å²) in [6.07, 6.45) is 2.02. The Kier molecular flexibility index (Phi) is 2.71. The van der Waals surface area contributed by atoms with Gasteiger partial charge in [0.15, 0.2) is 5.65 Å². The van der Waals surface area contributed by atoms with Crippen molar-refractivity contribution in [3.63, 3.8) is 0 Å². The number of nitrogens with one attached hydrogen (secondary N) is 1. The van der Waals surface area contributed by atoms with E-state index in [-0.39, 0.29) is 11.2 Å². The van der Waals surface area contributed by atoms with Gasteiger partial charge in [0.25, 0.3) is 5.56 Å². The predicted octanol–water partition coefficient (Wildman–Crippen LogP) is 0.390. The number of nitrogens with zero attached hydrogens (tertiary/aromatic N) is 3. The molecule has 6 nitrogen and oxygen atoms in total. The molecule has 0 fully saturated rings. The molecule has 0 radical (unpaired) electrons. The number of imidazole rings is 1. The summed E-state index contributed by atoms with van der Waals surface area (Å²) >= 11 is 0. The standard InChI is InChI=1S/C11H14N4O2/c1-7(2)4-5-15-10(16)8-9(13-6-12-8)14(3)11(15)17/h6H,1,4-5H2,2-3H3,(H,12,13). The Labute approximate surface area is 97.2 Å². The second-order valence-electron chi connectivity index (χ2n) is 4.11. The number of aromatic amines is 1. The van der Waals surface area contributed by atoms with Crippen LogP contribution in [-0.2, 0) is 13.6 Å². The highest BCUT2D eigenvalue weighted by Crippen LogP contribution is 2.01. The highest BCUT2D eigenvalue weighted by molar-refractivity contribution is 5.68. The molecule has 2 aromatic heterocycles. The predicted molar refractivity (Wildman–Crippen MR) is 65.0 cm³/mol. The molecule has 0 atom stereocenters. The van der Waals surface area contributed by atoms with Crippen molar-refractivity contribution in [1.82, 2.24) is 19.1 Å². The van der Waals surface area contributed by atoms with Crippen molar-refractivity contribution in [2.24, 2.45) is 7.05 Å². The summed E-state index contributed by atoms with van der Waals surface area (Å²) in [5.74, 6) is 0. The van der Waals surface area contributed by atoms with E-state index in [0.29, 0.717) is 24.1 Å². The summed E-state index contributed by atoms with van der Waals surface area (Å²) < 4.78 is 2.57. The fourth-order valence-corrected chi connectivity index (χ4v) is 1.69. The van der Waals surface area contributed by atoms with Crippen LogP contribution in [0.5, 0.6) is 0 Å². The molecule has 90 valence electrons. The smallest absolute Gasteiger partial charge is 0.332 e. The van der Waals surface area contributed by atoms with Gasteiger partial charge in [0.05, 0.1) is 6.33 Å². The number of hydrogen-bond donors (Lipinski definition) is 1. The van der Waals surface area contributed by atoms with Crippen LogP contribution < -0.4 is 11.2 Å². The Hall–Kier alpha value is -2.11. The lowest BCUT2D eigenvalue weighted by atomic mass is 10.2. The third kappa shape index (κ3) is 1.82. The van der Waals surface area contributed by atoms with Crippen LogP contribution in [0.4, 0.5) is 0 Å². The van der Waals surface area contributed by atoms with Crippen LogP contribution in [-0.4, -0.2) is 19.1 Å². The summed E-state index contributed by atoms with van der Waals surface area (Å²) in [4.78, 5) is 30.7. The van der Waals surface area contributed by atoms with Crippen LogP contribution >= 0.6 is 0 Å². The molecule has 0 spiro atoms. The SMILES string of the molecule is C=C(C)CCn1c(=O)c2[nH]cnc2n(C)c1=O. The third-order valence-corrected chi connectivity index (χ3v) is 2.68. The summed E-state index contributed by atoms with van der Waals surface area (Å²) in [6, 6.07) is 0. The molecule has 0 bridgehead atoms. The van der Waals surface area contributed by atoms with Gasteiger partial charge >= 0.3 is 5.69 Å². The molecule has 6 heteroatoms. The first kappa shape index (κ1) is 11.4. The van der Waals surface area contributed by atoms with Crippen molar-refractivity contribution >= 4 is 11.2 Å². The van der Waals surface area contributed by atoms with Crippen LogP contribution in [0.15, 0.2) is 28.1 Å². The zero-order valence-corrected chi connectivity index (χ0v) is 9.86. The van der Waals surface area contributed by atoms with Gasteiger partial charge in [-0.1, -0.05) is 5.57 Å². The van der Waals surface area contributed by atoms with E-state index < -0.39 is 0 Å². The number of fused-ring (bicyclic) bond motifs is 1. The van der Waals surface area contributed by atoms with Gasteiger partial charge in [-0.25, -0.2) is 9.78 Å². The van der Waals surface area contributed by atoms with E-state index in [4.69, 9.17) is 0 Å². The maximum absolute atomic E-state index is 12.0. The van der Waals surface area contributed by atoms with Crippen molar-refractivity contribution in [1.29, 1.82) is 0 Å². The van der Waals surface area contributed by atoms with Crippen LogP contribution in [0, 0.1) is 0 Å². The second-order valence-corrected chi connectivity index (χ2v) is 4.11. The molecular formula is C11H14N4O2. The largest absolute Gasteiger partial charge is 0.339 e. The lowest BCUT2D eigenvalue weighted by Gasteiger charge is -2.07. The van der Waals surface area contributed by atoms with E-state index in [1.165, 1.54) is 15.5 Å². The van der Waals surface area contributed by atoms with Gasteiger partial charge in [-0.05, 0) is 13.3 Å². The summed E-state index contributed by atoms with van der Waals surface area (Å²) in [5.41, 5.74) is 0.988. The van der Waals surface area contributed by atoms with Gasteiger partial charge in [-0.3, -0.25) is 13.9 Å². The fraction of sp³-hybridized carbons (Fsp3) is 0.364. The molecule has 0 unspecified atom stereocenters. The number of hydrogen-bond acceptors (Lipinski definition) is 3. The topological polar surface area (TPSA) is 72.7 Å². The number of rotatable bonds is 3. The lowest BCUT2D eigenvalue weighted by Crippen LogP contribution is -2.39. The highest BCUT2D eigenvalue weighted by atomic mass is 16.2. The maximum Gasteiger partial charge on any atom is 0.332 e. The minimum absolute atomic E-state index is 0.332. The minimum atomic E-state index is -0.351.